The van der Waals surface area contributed by atoms with Gasteiger partial charge in [-0.05, 0) is 31.7 Å². The van der Waals surface area contributed by atoms with Gasteiger partial charge in [-0.2, -0.15) is 0 Å². The number of aliphatic imine (C=N–C) groups is 1. The molecular formula is C20H26N6O4. The van der Waals surface area contributed by atoms with Crippen LogP contribution in [0.4, 0.5) is 4.79 Å². The largest absolute Gasteiger partial charge is 0.461 e. The maximum Gasteiger partial charge on any atom is 0.330 e. The molecule has 2 fully saturated rings. The van der Waals surface area contributed by atoms with E-state index < -0.39 is 35.8 Å². The first-order chi connectivity index (χ1) is 14.3. The summed E-state index contributed by atoms with van der Waals surface area (Å²) in [6.07, 6.45) is 2.22. The minimum atomic E-state index is -1.10. The number of amidine groups is 1. The number of benzene rings is 1. The summed E-state index contributed by atoms with van der Waals surface area (Å²) >= 11 is 0. The lowest BCUT2D eigenvalue weighted by molar-refractivity contribution is -0.175. The van der Waals surface area contributed by atoms with E-state index in [1.54, 1.807) is 6.92 Å². The van der Waals surface area contributed by atoms with E-state index in [-0.39, 0.29) is 24.4 Å². The molecular weight excluding hydrogens is 388 g/mol. The molecule has 3 amide bonds. The van der Waals surface area contributed by atoms with Gasteiger partial charge in [0.2, 0.25) is 11.9 Å². The Kier molecular flexibility index (Phi) is 6.34. The van der Waals surface area contributed by atoms with Crippen LogP contribution in [0.15, 0.2) is 35.3 Å². The van der Waals surface area contributed by atoms with E-state index in [2.05, 4.69) is 10.3 Å². The number of hydrogen-bond donors (Lipinski definition) is 4. The molecule has 3 rings (SSSR count). The summed E-state index contributed by atoms with van der Waals surface area (Å²) in [6, 6.07) is 7.13. The number of likely N-dealkylation sites (tertiary alicyclic amines) is 1. The zero-order valence-corrected chi connectivity index (χ0v) is 16.7. The molecule has 10 nitrogen and oxygen atoms in total. The van der Waals surface area contributed by atoms with Gasteiger partial charge in [0.1, 0.15) is 11.9 Å². The van der Waals surface area contributed by atoms with Crippen molar-refractivity contribution in [2.75, 3.05) is 0 Å². The third kappa shape index (κ3) is 4.58. The zero-order valence-electron chi connectivity index (χ0n) is 16.7. The smallest absolute Gasteiger partial charge is 0.330 e. The molecule has 0 aromatic heterocycles. The van der Waals surface area contributed by atoms with E-state index in [4.69, 9.17) is 21.6 Å². The number of nitrogens with two attached hydrogens (primary N) is 2. The molecule has 1 aromatic rings. The average Bonchev–Trinajstić information content (AvgIpc) is 2.66. The number of ether oxygens (including phenoxy) is 1. The molecule has 160 valence electrons. The number of esters is 1. The van der Waals surface area contributed by atoms with Crippen LogP contribution < -0.4 is 16.8 Å². The molecule has 0 unspecified atom stereocenters. The van der Waals surface area contributed by atoms with E-state index in [1.165, 1.54) is 0 Å². The number of urea groups is 1. The Hall–Kier alpha value is -3.43. The van der Waals surface area contributed by atoms with Crippen molar-refractivity contribution in [1.29, 1.82) is 5.41 Å². The fraction of sp³-hybridized carbons (Fsp3) is 0.450. The molecule has 0 spiro atoms. The number of carbonyl (C=O) groups excluding carboxylic acids is 3. The Balaban J connectivity index is 1.73. The SMILES string of the molecule is C[C@@H](NC(=O)N1C(=O)[C@H](CC(N)=NC(=N)N)[C@H]1C(=O)OC1CCC1)c1ccccc1. The topological polar surface area (TPSA) is 164 Å². The van der Waals surface area contributed by atoms with Crippen LogP contribution in [0.3, 0.4) is 0 Å². The highest BCUT2D eigenvalue weighted by Gasteiger charge is 2.56. The molecule has 0 radical (unpaired) electrons. The van der Waals surface area contributed by atoms with Gasteiger partial charge in [-0.15, -0.1) is 0 Å². The van der Waals surface area contributed by atoms with E-state index in [1.807, 2.05) is 30.3 Å². The van der Waals surface area contributed by atoms with Gasteiger partial charge in [-0.25, -0.2) is 19.5 Å². The van der Waals surface area contributed by atoms with Crippen LogP contribution in [0, 0.1) is 11.3 Å². The maximum atomic E-state index is 12.8. The molecule has 2 aliphatic rings. The maximum absolute atomic E-state index is 12.8. The first kappa shape index (κ1) is 21.3. The van der Waals surface area contributed by atoms with Crippen LogP contribution in [-0.4, -0.2) is 46.7 Å². The third-order valence-corrected chi connectivity index (χ3v) is 5.34. The Labute approximate surface area is 174 Å². The molecule has 1 aromatic carbocycles. The minimum absolute atomic E-state index is 0.0556. The number of guanidine groups is 1. The van der Waals surface area contributed by atoms with Crippen molar-refractivity contribution in [2.24, 2.45) is 22.4 Å². The normalized spacial score (nSPS) is 22.5. The van der Waals surface area contributed by atoms with E-state index in [0.29, 0.717) is 0 Å². The van der Waals surface area contributed by atoms with Gasteiger partial charge in [0.05, 0.1) is 12.0 Å². The fourth-order valence-corrected chi connectivity index (χ4v) is 3.47. The number of hydrogen-bond acceptors (Lipinski definition) is 5. The molecule has 1 saturated carbocycles. The van der Waals surface area contributed by atoms with Gasteiger partial charge in [0.15, 0.2) is 6.04 Å². The van der Waals surface area contributed by atoms with Crippen LogP contribution in [0.1, 0.15) is 44.2 Å². The standard InChI is InChI=1S/C20H26N6O4/c1-11(12-6-3-2-4-7-12)24-20(29)26-16(18(28)30-13-8-5-9-13)14(17(26)27)10-15(21)25-19(22)23/h2-4,6-7,11,13-14,16H,5,8-10H2,1H3,(H,24,29)(H5,21,22,23,25)/t11-,14-,16+/m1/s1. The lowest BCUT2D eigenvalue weighted by Crippen LogP contribution is -2.69. The first-order valence-corrected chi connectivity index (χ1v) is 9.84. The molecule has 10 heteroatoms. The second-order valence-electron chi connectivity index (χ2n) is 7.52. The van der Waals surface area contributed by atoms with Crippen molar-refractivity contribution < 1.29 is 19.1 Å². The second-order valence-corrected chi connectivity index (χ2v) is 7.52. The number of nitrogens with zero attached hydrogens (tertiary/aromatic N) is 2. The van der Waals surface area contributed by atoms with Crippen molar-refractivity contribution in [3.8, 4) is 0 Å². The predicted octanol–water partition coefficient (Wildman–Crippen LogP) is 1.02. The Bertz CT molecular complexity index is 867. The second kappa shape index (κ2) is 8.93. The lowest BCUT2D eigenvalue weighted by Gasteiger charge is -2.44. The molecule has 1 heterocycles. The molecule has 6 N–H and O–H groups in total. The predicted molar refractivity (Wildman–Crippen MR) is 109 cm³/mol. The number of amides is 3. The number of carbonyl (C=O) groups is 3. The van der Waals surface area contributed by atoms with Gasteiger partial charge in [0, 0.05) is 6.42 Å². The number of β-lactam (4-membered cyclic amide) rings is 1. The monoisotopic (exact) mass is 414 g/mol. The minimum Gasteiger partial charge on any atom is -0.461 e. The fourth-order valence-electron chi connectivity index (χ4n) is 3.47. The van der Waals surface area contributed by atoms with Crippen molar-refractivity contribution in [1.82, 2.24) is 10.2 Å². The number of nitrogens with one attached hydrogen (secondary N) is 2. The van der Waals surface area contributed by atoms with Crippen LogP contribution >= 0.6 is 0 Å². The van der Waals surface area contributed by atoms with Gasteiger partial charge in [-0.3, -0.25) is 10.2 Å². The molecule has 0 bridgehead atoms. The van der Waals surface area contributed by atoms with Crippen LogP contribution in [-0.2, 0) is 14.3 Å². The summed E-state index contributed by atoms with van der Waals surface area (Å²) in [5.74, 6) is -2.63. The Morgan fingerprint density at radius 2 is 1.97 bits per heavy atom. The molecule has 1 saturated heterocycles. The zero-order chi connectivity index (χ0) is 21.8. The van der Waals surface area contributed by atoms with Gasteiger partial charge in [0.25, 0.3) is 0 Å². The molecule has 30 heavy (non-hydrogen) atoms. The summed E-state index contributed by atoms with van der Waals surface area (Å²) < 4.78 is 5.44. The molecule has 3 atom stereocenters. The highest BCUT2D eigenvalue weighted by Crippen LogP contribution is 2.33. The first-order valence-electron chi connectivity index (χ1n) is 9.84. The molecule has 1 aliphatic carbocycles. The number of imide groups is 1. The summed E-state index contributed by atoms with van der Waals surface area (Å²) in [7, 11) is 0. The van der Waals surface area contributed by atoms with Gasteiger partial charge < -0.3 is 21.5 Å². The summed E-state index contributed by atoms with van der Waals surface area (Å²) in [6.45, 7) is 1.79. The van der Waals surface area contributed by atoms with Crippen LogP contribution in [0.25, 0.3) is 0 Å². The van der Waals surface area contributed by atoms with E-state index >= 15 is 0 Å². The summed E-state index contributed by atoms with van der Waals surface area (Å²) in [5.41, 5.74) is 11.8. The van der Waals surface area contributed by atoms with Gasteiger partial charge in [-0.1, -0.05) is 30.3 Å². The summed E-state index contributed by atoms with van der Waals surface area (Å²) in [5, 5.41) is 9.92. The van der Waals surface area contributed by atoms with Crippen molar-refractivity contribution in [3.63, 3.8) is 0 Å². The quantitative estimate of drug-likeness (QED) is 0.235. The van der Waals surface area contributed by atoms with E-state index in [9.17, 15) is 14.4 Å². The van der Waals surface area contributed by atoms with Crippen LogP contribution in [0.2, 0.25) is 0 Å². The van der Waals surface area contributed by atoms with Crippen LogP contribution in [0.5, 0.6) is 0 Å². The highest BCUT2D eigenvalue weighted by molar-refractivity contribution is 6.09. The summed E-state index contributed by atoms with van der Waals surface area (Å²) in [4.78, 5) is 42.7. The van der Waals surface area contributed by atoms with Crippen molar-refractivity contribution >= 4 is 29.7 Å². The van der Waals surface area contributed by atoms with E-state index in [0.717, 1.165) is 29.7 Å². The Morgan fingerprint density at radius 1 is 1.30 bits per heavy atom. The number of rotatable bonds is 6. The third-order valence-electron chi connectivity index (χ3n) is 5.34. The van der Waals surface area contributed by atoms with Gasteiger partial charge >= 0.3 is 12.0 Å². The highest BCUT2D eigenvalue weighted by atomic mass is 16.5. The Morgan fingerprint density at radius 3 is 2.53 bits per heavy atom. The average molecular weight is 414 g/mol. The van der Waals surface area contributed by atoms with Crippen molar-refractivity contribution in [2.45, 2.75) is 50.8 Å². The molecule has 1 aliphatic heterocycles. The van der Waals surface area contributed by atoms with Crippen molar-refractivity contribution in [3.05, 3.63) is 35.9 Å². The lowest BCUT2D eigenvalue weighted by atomic mass is 9.84.